The van der Waals surface area contributed by atoms with E-state index in [4.69, 9.17) is 4.98 Å². The Morgan fingerprint density at radius 1 is 1.21 bits per heavy atom. The monoisotopic (exact) mass is 479 g/mol. The molecular weight excluding hydrogens is 454 g/mol. The summed E-state index contributed by atoms with van der Waals surface area (Å²) in [4.78, 5) is 34.7. The fraction of sp³-hybridized carbons (Fsp3) is 0.333. The number of benzene rings is 1. The highest BCUT2D eigenvalue weighted by molar-refractivity contribution is 7.98. The zero-order valence-corrected chi connectivity index (χ0v) is 19.8. The van der Waals surface area contributed by atoms with Gasteiger partial charge in [-0.15, -0.1) is 11.3 Å². The van der Waals surface area contributed by atoms with Crippen molar-refractivity contribution in [3.63, 3.8) is 0 Å². The summed E-state index contributed by atoms with van der Waals surface area (Å²) in [5, 5.41) is 7.97. The number of thiophene rings is 1. The van der Waals surface area contributed by atoms with Gasteiger partial charge >= 0.3 is 0 Å². The van der Waals surface area contributed by atoms with Crippen LogP contribution >= 0.6 is 23.1 Å². The molecule has 1 aromatic carbocycles. The lowest BCUT2D eigenvalue weighted by atomic mass is 9.97. The lowest BCUT2D eigenvalue weighted by Gasteiger charge is -2.09. The highest BCUT2D eigenvalue weighted by Gasteiger charge is 2.19. The number of carbonyl (C=O) groups is 1. The number of H-pyrrole nitrogens is 1. The summed E-state index contributed by atoms with van der Waals surface area (Å²) < 4.78 is 1.80. The van der Waals surface area contributed by atoms with Crippen molar-refractivity contribution in [2.45, 2.75) is 44.4 Å². The van der Waals surface area contributed by atoms with E-state index in [0.29, 0.717) is 30.3 Å². The summed E-state index contributed by atoms with van der Waals surface area (Å²) in [6.07, 6.45) is 8.45. The van der Waals surface area contributed by atoms with Gasteiger partial charge < -0.3 is 10.3 Å². The number of aromatic amines is 1. The molecule has 4 aromatic rings. The second-order valence-electron chi connectivity index (χ2n) is 8.10. The number of nitrogens with zero attached hydrogens (tertiary/aromatic N) is 3. The molecule has 1 aliphatic carbocycles. The molecule has 33 heavy (non-hydrogen) atoms. The van der Waals surface area contributed by atoms with Crippen LogP contribution in [0.4, 0.5) is 0 Å². The first-order valence-electron chi connectivity index (χ1n) is 11.1. The Labute approximate surface area is 199 Å². The second kappa shape index (κ2) is 9.93. The smallest absolute Gasteiger partial charge is 0.259 e. The Morgan fingerprint density at radius 3 is 2.88 bits per heavy atom. The van der Waals surface area contributed by atoms with Crippen LogP contribution in [0, 0.1) is 0 Å². The highest BCUT2D eigenvalue weighted by Crippen LogP contribution is 2.33. The van der Waals surface area contributed by atoms with Crippen molar-refractivity contribution in [3.8, 4) is 5.69 Å². The maximum atomic E-state index is 12.6. The van der Waals surface area contributed by atoms with Crippen LogP contribution in [-0.2, 0) is 29.9 Å². The third-order valence-corrected chi connectivity index (χ3v) is 7.94. The number of nitrogens with one attached hydrogen (secondary N) is 2. The molecule has 0 saturated carbocycles. The van der Waals surface area contributed by atoms with Crippen molar-refractivity contribution in [3.05, 3.63) is 74.9 Å². The third-order valence-electron chi connectivity index (χ3n) is 5.78. The minimum atomic E-state index is -0.0219. The molecule has 0 spiro atoms. The van der Waals surface area contributed by atoms with E-state index >= 15 is 0 Å². The number of aromatic nitrogens is 4. The van der Waals surface area contributed by atoms with Crippen molar-refractivity contribution < 1.29 is 4.79 Å². The second-order valence-corrected chi connectivity index (χ2v) is 10.3. The summed E-state index contributed by atoms with van der Waals surface area (Å²) in [6.45, 7) is 0.497. The third kappa shape index (κ3) is 5.04. The highest BCUT2D eigenvalue weighted by atomic mass is 32.2. The Morgan fingerprint density at radius 2 is 2.06 bits per heavy atom. The van der Waals surface area contributed by atoms with E-state index in [9.17, 15) is 9.59 Å². The van der Waals surface area contributed by atoms with Crippen LogP contribution in [0.1, 0.15) is 41.1 Å². The maximum absolute atomic E-state index is 12.6. The van der Waals surface area contributed by atoms with Gasteiger partial charge in [0, 0.05) is 36.0 Å². The van der Waals surface area contributed by atoms with Gasteiger partial charge in [0.05, 0.1) is 16.8 Å². The van der Waals surface area contributed by atoms with Crippen LogP contribution < -0.4 is 10.9 Å². The predicted molar refractivity (Wildman–Crippen MR) is 133 cm³/mol. The Bertz CT molecular complexity index is 1310. The van der Waals surface area contributed by atoms with Crippen molar-refractivity contribution in [2.75, 3.05) is 5.75 Å². The standard InChI is InChI=1S/C24H25N5O2S2/c30-21(25-14-16-6-8-17(9-7-16)29-12-3-11-26-29)10-13-32-15-20-27-23(31)22-18-4-1-2-5-19(18)33-24(22)28-20/h3,6-9,11-12H,1-2,4-5,10,13-15H2,(H,25,30)(H,27,28,31). The molecule has 0 radical (unpaired) electrons. The molecule has 5 rings (SSSR count). The summed E-state index contributed by atoms with van der Waals surface area (Å²) in [6, 6.07) is 9.84. The molecule has 1 amide bonds. The van der Waals surface area contributed by atoms with E-state index < -0.39 is 0 Å². The van der Waals surface area contributed by atoms with Gasteiger partial charge in [0.2, 0.25) is 5.91 Å². The van der Waals surface area contributed by atoms with Crippen LogP contribution in [0.3, 0.4) is 0 Å². The van der Waals surface area contributed by atoms with Crippen LogP contribution in [0.15, 0.2) is 47.5 Å². The fourth-order valence-corrected chi connectivity index (χ4v) is 6.17. The molecule has 0 fully saturated rings. The van der Waals surface area contributed by atoms with Gasteiger partial charge in [0.25, 0.3) is 5.56 Å². The molecule has 7 nitrogen and oxygen atoms in total. The molecular formula is C24H25N5O2S2. The van der Waals surface area contributed by atoms with E-state index in [-0.39, 0.29) is 11.5 Å². The molecule has 9 heteroatoms. The van der Waals surface area contributed by atoms with Gasteiger partial charge in [0.15, 0.2) is 0 Å². The number of fused-ring (bicyclic) bond motifs is 3. The topological polar surface area (TPSA) is 92.7 Å². The lowest BCUT2D eigenvalue weighted by Crippen LogP contribution is -2.23. The predicted octanol–water partition coefficient (Wildman–Crippen LogP) is 3.99. The van der Waals surface area contributed by atoms with E-state index in [1.54, 1.807) is 34.0 Å². The number of amides is 1. The van der Waals surface area contributed by atoms with Gasteiger partial charge in [0.1, 0.15) is 10.7 Å². The quantitative estimate of drug-likeness (QED) is 0.373. The van der Waals surface area contributed by atoms with E-state index in [1.807, 2.05) is 36.5 Å². The number of aryl methyl sites for hydroxylation is 2. The lowest BCUT2D eigenvalue weighted by molar-refractivity contribution is -0.120. The Kier molecular flexibility index (Phi) is 6.59. The van der Waals surface area contributed by atoms with Crippen molar-refractivity contribution in [2.24, 2.45) is 0 Å². The van der Waals surface area contributed by atoms with Crippen LogP contribution in [0.2, 0.25) is 0 Å². The molecule has 0 unspecified atom stereocenters. The summed E-state index contributed by atoms with van der Waals surface area (Å²) in [5.74, 6) is 1.97. The molecule has 0 aliphatic heterocycles. The van der Waals surface area contributed by atoms with E-state index in [2.05, 4.69) is 15.4 Å². The van der Waals surface area contributed by atoms with E-state index in [0.717, 1.165) is 40.7 Å². The molecule has 3 heterocycles. The number of hydrogen-bond donors (Lipinski definition) is 2. The first kappa shape index (κ1) is 21.9. The van der Waals surface area contributed by atoms with Crippen molar-refractivity contribution in [1.82, 2.24) is 25.1 Å². The summed E-state index contributed by atoms with van der Waals surface area (Å²) >= 11 is 3.28. The van der Waals surface area contributed by atoms with Gasteiger partial charge in [-0.25, -0.2) is 9.67 Å². The molecule has 1 aliphatic rings. The summed E-state index contributed by atoms with van der Waals surface area (Å²) in [7, 11) is 0. The minimum absolute atomic E-state index is 0.0153. The number of carbonyl (C=O) groups excluding carboxylic acids is 1. The number of rotatable bonds is 8. The maximum Gasteiger partial charge on any atom is 0.259 e. The van der Waals surface area contributed by atoms with Crippen molar-refractivity contribution in [1.29, 1.82) is 0 Å². The molecule has 0 bridgehead atoms. The first-order valence-corrected chi connectivity index (χ1v) is 13.1. The van der Waals surface area contributed by atoms with Crippen LogP contribution in [0.25, 0.3) is 15.9 Å². The van der Waals surface area contributed by atoms with Crippen LogP contribution in [0.5, 0.6) is 0 Å². The SMILES string of the molecule is O=C(CCSCc1nc2sc3c(c2c(=O)[nH]1)CCCC3)NCc1ccc(-n2cccn2)cc1. The average molecular weight is 480 g/mol. The Hall–Kier alpha value is -2.91. The molecule has 0 atom stereocenters. The normalized spacial score (nSPS) is 13.2. The number of hydrogen-bond acceptors (Lipinski definition) is 6. The molecule has 3 aromatic heterocycles. The van der Waals surface area contributed by atoms with Gasteiger partial charge in [-0.2, -0.15) is 16.9 Å². The van der Waals surface area contributed by atoms with Crippen LogP contribution in [-0.4, -0.2) is 31.4 Å². The van der Waals surface area contributed by atoms with E-state index in [1.165, 1.54) is 16.9 Å². The largest absolute Gasteiger partial charge is 0.352 e. The molecule has 0 saturated heterocycles. The average Bonchev–Trinajstić information content (AvgIpc) is 3.49. The Balaban J connectivity index is 1.08. The minimum Gasteiger partial charge on any atom is -0.352 e. The zero-order chi connectivity index (χ0) is 22.6. The fourth-order valence-electron chi connectivity index (χ4n) is 4.09. The van der Waals surface area contributed by atoms with Gasteiger partial charge in [-0.1, -0.05) is 12.1 Å². The zero-order valence-electron chi connectivity index (χ0n) is 18.2. The first-order chi connectivity index (χ1) is 16.2. The van der Waals surface area contributed by atoms with Gasteiger partial charge in [-0.05, 0) is 55.0 Å². The number of thioether (sulfide) groups is 1. The van der Waals surface area contributed by atoms with Gasteiger partial charge in [-0.3, -0.25) is 9.59 Å². The summed E-state index contributed by atoms with van der Waals surface area (Å²) in [5.41, 5.74) is 3.22. The van der Waals surface area contributed by atoms with Crippen molar-refractivity contribution >= 4 is 39.2 Å². The molecule has 2 N–H and O–H groups in total. The molecule has 170 valence electrons.